The van der Waals surface area contributed by atoms with Crippen LogP contribution in [0.1, 0.15) is 20.3 Å². The van der Waals surface area contributed by atoms with Crippen LogP contribution in [-0.2, 0) is 4.79 Å². The summed E-state index contributed by atoms with van der Waals surface area (Å²) in [5.41, 5.74) is 4.77. The molecule has 0 unspecified atom stereocenters. The van der Waals surface area contributed by atoms with E-state index in [1.165, 1.54) is 0 Å². The number of urea groups is 1. The Labute approximate surface area is 70.9 Å². The fourth-order valence-electron chi connectivity index (χ4n) is 0.857. The molecule has 3 N–H and O–H groups in total. The summed E-state index contributed by atoms with van der Waals surface area (Å²) in [4.78, 5) is 20.7. The van der Waals surface area contributed by atoms with Crippen molar-refractivity contribution in [3.8, 4) is 0 Å². The van der Waals surface area contributed by atoms with Gasteiger partial charge in [-0.2, -0.15) is 0 Å². The number of carboxylic acid groups (broad SMARTS) is 1. The standard InChI is InChI=1S/C7H14N2O3/c1-4(2)3-5(6(10)11)9-7(8)12/h4-5H,3H2,1-2H3,(H,10,11)(H3,8,9,12)/p-1/t5-/m1/s1. The van der Waals surface area contributed by atoms with Crippen LogP contribution in [0.4, 0.5) is 4.79 Å². The number of carboxylic acids is 1. The van der Waals surface area contributed by atoms with Crippen LogP contribution in [0, 0.1) is 5.92 Å². The molecule has 0 spiro atoms. The van der Waals surface area contributed by atoms with Gasteiger partial charge in [-0.3, -0.25) is 0 Å². The topological polar surface area (TPSA) is 95.2 Å². The van der Waals surface area contributed by atoms with Crippen LogP contribution in [0.5, 0.6) is 0 Å². The van der Waals surface area contributed by atoms with Gasteiger partial charge in [0.15, 0.2) is 0 Å². The third-order valence-corrected chi connectivity index (χ3v) is 1.31. The summed E-state index contributed by atoms with van der Waals surface area (Å²) in [6, 6.07) is -1.83. The molecule has 0 aliphatic carbocycles. The molecule has 0 fully saturated rings. The molecule has 0 radical (unpaired) electrons. The monoisotopic (exact) mass is 173 g/mol. The van der Waals surface area contributed by atoms with Gasteiger partial charge in [-0.05, 0) is 12.3 Å². The van der Waals surface area contributed by atoms with Gasteiger partial charge < -0.3 is 21.0 Å². The van der Waals surface area contributed by atoms with E-state index in [0.717, 1.165) is 0 Å². The molecular weight excluding hydrogens is 160 g/mol. The summed E-state index contributed by atoms with van der Waals surface area (Å²) in [5.74, 6) is -1.14. The normalized spacial score (nSPS) is 12.6. The maximum Gasteiger partial charge on any atom is 0.312 e. The highest BCUT2D eigenvalue weighted by molar-refractivity contribution is 5.80. The van der Waals surface area contributed by atoms with Crippen LogP contribution in [0.25, 0.3) is 0 Å². The molecule has 0 rings (SSSR count). The van der Waals surface area contributed by atoms with Gasteiger partial charge in [0.25, 0.3) is 0 Å². The predicted octanol–water partition coefficient (Wildman–Crippen LogP) is -1.18. The van der Waals surface area contributed by atoms with Gasteiger partial charge in [0.2, 0.25) is 0 Å². The van der Waals surface area contributed by atoms with Crippen molar-refractivity contribution in [2.75, 3.05) is 0 Å². The summed E-state index contributed by atoms with van der Waals surface area (Å²) < 4.78 is 0. The first-order valence-electron chi connectivity index (χ1n) is 3.70. The van der Waals surface area contributed by atoms with Crippen molar-refractivity contribution < 1.29 is 14.7 Å². The zero-order chi connectivity index (χ0) is 9.72. The molecule has 0 saturated heterocycles. The SMILES string of the molecule is CC(C)C[C@@H](NC(N)=O)C(=O)[O-]. The molecule has 12 heavy (non-hydrogen) atoms. The highest BCUT2D eigenvalue weighted by Crippen LogP contribution is 2.03. The van der Waals surface area contributed by atoms with Crippen molar-refractivity contribution in [1.82, 2.24) is 5.32 Å². The number of hydrogen-bond acceptors (Lipinski definition) is 3. The third kappa shape index (κ3) is 4.54. The van der Waals surface area contributed by atoms with E-state index in [4.69, 9.17) is 5.73 Å². The van der Waals surface area contributed by atoms with Crippen LogP contribution < -0.4 is 16.2 Å². The smallest absolute Gasteiger partial charge is 0.312 e. The second-order valence-electron chi connectivity index (χ2n) is 3.01. The molecule has 0 bridgehead atoms. The van der Waals surface area contributed by atoms with Gasteiger partial charge in [0, 0.05) is 0 Å². The van der Waals surface area contributed by atoms with Gasteiger partial charge >= 0.3 is 6.03 Å². The Morgan fingerprint density at radius 3 is 2.25 bits per heavy atom. The average molecular weight is 173 g/mol. The van der Waals surface area contributed by atoms with Crippen LogP contribution >= 0.6 is 0 Å². The number of carbonyl (C=O) groups is 2. The van der Waals surface area contributed by atoms with Gasteiger partial charge in [-0.15, -0.1) is 0 Å². The summed E-state index contributed by atoms with van der Waals surface area (Å²) >= 11 is 0. The first-order valence-corrected chi connectivity index (χ1v) is 3.70. The van der Waals surface area contributed by atoms with Crippen LogP contribution in [0.2, 0.25) is 0 Å². The number of carbonyl (C=O) groups excluding carboxylic acids is 2. The Morgan fingerprint density at radius 1 is 1.50 bits per heavy atom. The van der Waals surface area contributed by atoms with E-state index in [1.807, 2.05) is 13.8 Å². The minimum atomic E-state index is -1.30. The van der Waals surface area contributed by atoms with Crippen molar-refractivity contribution in [1.29, 1.82) is 0 Å². The Balaban J connectivity index is 4.04. The van der Waals surface area contributed by atoms with Gasteiger partial charge in [-0.25, -0.2) is 4.79 Å². The number of rotatable bonds is 4. The zero-order valence-corrected chi connectivity index (χ0v) is 7.16. The second-order valence-corrected chi connectivity index (χ2v) is 3.01. The Kier molecular flexibility index (Phi) is 4.10. The maximum absolute atomic E-state index is 10.4. The van der Waals surface area contributed by atoms with Crippen LogP contribution in [0.3, 0.4) is 0 Å². The molecule has 70 valence electrons. The number of amides is 2. The molecule has 0 aromatic heterocycles. The summed E-state index contributed by atoms with van der Waals surface area (Å²) in [7, 11) is 0. The lowest BCUT2D eigenvalue weighted by molar-refractivity contribution is -0.308. The second kappa shape index (κ2) is 4.58. The van der Waals surface area contributed by atoms with E-state index in [2.05, 4.69) is 5.32 Å². The first kappa shape index (κ1) is 10.7. The molecule has 2 amide bonds. The minimum absolute atomic E-state index is 0.166. The maximum atomic E-state index is 10.4. The molecule has 1 atom stereocenters. The molecule has 0 aromatic carbocycles. The third-order valence-electron chi connectivity index (χ3n) is 1.31. The molecule has 0 aliphatic rings. The van der Waals surface area contributed by atoms with Crippen molar-refractivity contribution in [3.05, 3.63) is 0 Å². The lowest BCUT2D eigenvalue weighted by Gasteiger charge is -2.19. The van der Waals surface area contributed by atoms with Crippen molar-refractivity contribution >= 4 is 12.0 Å². The Morgan fingerprint density at radius 2 is 2.00 bits per heavy atom. The quantitative estimate of drug-likeness (QED) is 0.560. The number of aliphatic carboxylic acids is 1. The van der Waals surface area contributed by atoms with E-state index in [-0.39, 0.29) is 5.92 Å². The first-order chi connectivity index (χ1) is 5.43. The van der Waals surface area contributed by atoms with Crippen LogP contribution in [-0.4, -0.2) is 18.0 Å². The van der Waals surface area contributed by atoms with E-state index in [9.17, 15) is 14.7 Å². The number of primary amides is 1. The van der Waals surface area contributed by atoms with Gasteiger partial charge in [0.05, 0.1) is 12.0 Å². The zero-order valence-electron chi connectivity index (χ0n) is 7.16. The van der Waals surface area contributed by atoms with E-state index < -0.39 is 18.0 Å². The molecule has 0 aromatic rings. The number of nitrogens with two attached hydrogens (primary N) is 1. The summed E-state index contributed by atoms with van der Waals surface area (Å²) in [6.45, 7) is 3.69. The number of hydrogen-bond donors (Lipinski definition) is 2. The molecule has 0 aliphatic heterocycles. The van der Waals surface area contributed by atoms with Crippen molar-refractivity contribution in [2.24, 2.45) is 11.7 Å². The van der Waals surface area contributed by atoms with E-state index in [1.54, 1.807) is 0 Å². The van der Waals surface area contributed by atoms with Crippen molar-refractivity contribution in [3.63, 3.8) is 0 Å². The fourth-order valence-corrected chi connectivity index (χ4v) is 0.857. The van der Waals surface area contributed by atoms with Crippen molar-refractivity contribution in [2.45, 2.75) is 26.3 Å². The van der Waals surface area contributed by atoms with Crippen LogP contribution in [0.15, 0.2) is 0 Å². The largest absolute Gasteiger partial charge is 0.548 e. The van der Waals surface area contributed by atoms with Gasteiger partial charge in [0.1, 0.15) is 0 Å². The lowest BCUT2D eigenvalue weighted by atomic mass is 10.0. The predicted molar refractivity (Wildman–Crippen MR) is 41.0 cm³/mol. The summed E-state index contributed by atoms with van der Waals surface area (Å²) in [6.07, 6.45) is 0.325. The molecule has 5 nitrogen and oxygen atoms in total. The van der Waals surface area contributed by atoms with Gasteiger partial charge in [-0.1, -0.05) is 13.8 Å². The summed E-state index contributed by atoms with van der Waals surface area (Å²) in [5, 5.41) is 12.5. The number of nitrogens with one attached hydrogen (secondary N) is 1. The Bertz CT molecular complexity index is 179. The molecule has 5 heteroatoms. The van der Waals surface area contributed by atoms with E-state index >= 15 is 0 Å². The minimum Gasteiger partial charge on any atom is -0.548 e. The molecule has 0 saturated carbocycles. The average Bonchev–Trinajstić information content (AvgIpc) is 1.83. The Hall–Kier alpha value is -1.26. The lowest BCUT2D eigenvalue weighted by Crippen LogP contribution is -2.50. The highest BCUT2D eigenvalue weighted by atomic mass is 16.4. The fraction of sp³-hybridized carbons (Fsp3) is 0.714. The molecular formula is C7H13N2O3-. The van der Waals surface area contributed by atoms with E-state index in [0.29, 0.717) is 6.42 Å². The molecule has 0 heterocycles. The highest BCUT2D eigenvalue weighted by Gasteiger charge is 2.12.